The Morgan fingerprint density at radius 2 is 2.00 bits per heavy atom. The molecule has 1 aromatic carbocycles. The van der Waals surface area contributed by atoms with Crippen molar-refractivity contribution in [2.75, 3.05) is 7.11 Å². The molecule has 1 aliphatic carbocycles. The van der Waals surface area contributed by atoms with E-state index in [1.165, 1.54) is 5.56 Å². The van der Waals surface area contributed by atoms with Gasteiger partial charge in [-0.25, -0.2) is 0 Å². The van der Waals surface area contributed by atoms with Crippen LogP contribution in [0.5, 0.6) is 5.75 Å². The fourth-order valence-electron chi connectivity index (χ4n) is 1.97. The summed E-state index contributed by atoms with van der Waals surface area (Å²) in [5, 5.41) is 0. The number of rotatable bonds is 2. The molecule has 2 heteroatoms. The minimum absolute atomic E-state index is 0.394. The quantitative estimate of drug-likeness (QED) is 0.716. The van der Waals surface area contributed by atoms with Gasteiger partial charge >= 0.3 is 0 Å². The van der Waals surface area contributed by atoms with Gasteiger partial charge in [0.1, 0.15) is 11.5 Å². The predicted octanol–water partition coefficient (Wildman–Crippen LogP) is 2.53. The van der Waals surface area contributed by atoms with Gasteiger partial charge in [-0.15, -0.1) is 0 Å². The monoisotopic (exact) mass is 190 g/mol. The van der Waals surface area contributed by atoms with Gasteiger partial charge in [-0.05, 0) is 30.0 Å². The summed E-state index contributed by atoms with van der Waals surface area (Å²) in [6.07, 6.45) is 2.47. The van der Waals surface area contributed by atoms with E-state index in [0.717, 1.165) is 18.6 Å². The second-order valence-corrected chi connectivity index (χ2v) is 3.75. The third-order valence-electron chi connectivity index (χ3n) is 2.83. The second kappa shape index (κ2) is 3.82. The Morgan fingerprint density at radius 1 is 1.29 bits per heavy atom. The van der Waals surface area contributed by atoms with Crippen molar-refractivity contribution in [2.45, 2.75) is 25.2 Å². The number of hydrogen-bond donors (Lipinski definition) is 0. The van der Waals surface area contributed by atoms with E-state index >= 15 is 0 Å². The highest BCUT2D eigenvalue weighted by Crippen LogP contribution is 2.32. The third kappa shape index (κ3) is 1.79. The Kier molecular flexibility index (Phi) is 2.53. The maximum absolute atomic E-state index is 11.1. The topological polar surface area (TPSA) is 26.3 Å². The van der Waals surface area contributed by atoms with Crippen LogP contribution in [0.15, 0.2) is 24.3 Å². The smallest absolute Gasteiger partial charge is 0.133 e. The van der Waals surface area contributed by atoms with Crippen molar-refractivity contribution in [1.29, 1.82) is 0 Å². The highest BCUT2D eigenvalue weighted by molar-refractivity contribution is 5.81. The van der Waals surface area contributed by atoms with Crippen molar-refractivity contribution < 1.29 is 9.53 Å². The van der Waals surface area contributed by atoms with Crippen LogP contribution in [-0.4, -0.2) is 12.9 Å². The molecule has 0 amide bonds. The highest BCUT2D eigenvalue weighted by atomic mass is 16.5. The summed E-state index contributed by atoms with van der Waals surface area (Å²) in [7, 11) is 1.66. The van der Waals surface area contributed by atoms with E-state index < -0.39 is 0 Å². The van der Waals surface area contributed by atoms with Crippen LogP contribution in [0.25, 0.3) is 0 Å². The largest absolute Gasteiger partial charge is 0.497 e. The zero-order valence-corrected chi connectivity index (χ0v) is 8.32. The number of ether oxygens (including phenoxy) is 1. The molecular formula is C12H14O2. The predicted molar refractivity (Wildman–Crippen MR) is 54.6 cm³/mol. The summed E-state index contributed by atoms with van der Waals surface area (Å²) < 4.78 is 5.09. The van der Waals surface area contributed by atoms with Crippen LogP contribution in [0.2, 0.25) is 0 Å². The molecule has 2 rings (SSSR count). The van der Waals surface area contributed by atoms with E-state index in [9.17, 15) is 4.79 Å². The van der Waals surface area contributed by atoms with Crippen LogP contribution in [0.1, 0.15) is 30.7 Å². The fraction of sp³-hybridized carbons (Fsp3) is 0.417. The minimum Gasteiger partial charge on any atom is -0.497 e. The summed E-state index contributed by atoms with van der Waals surface area (Å²) in [6.45, 7) is 0. The number of Topliss-reactive ketones (excluding diaryl/α,β-unsaturated/α-hetero) is 1. The summed E-state index contributed by atoms with van der Waals surface area (Å²) in [5.41, 5.74) is 1.26. The molecule has 74 valence electrons. The van der Waals surface area contributed by atoms with Gasteiger partial charge in [0.2, 0.25) is 0 Å². The molecule has 0 aliphatic heterocycles. The van der Waals surface area contributed by atoms with Gasteiger partial charge in [-0.1, -0.05) is 12.1 Å². The third-order valence-corrected chi connectivity index (χ3v) is 2.83. The van der Waals surface area contributed by atoms with Gasteiger partial charge in [-0.3, -0.25) is 4.79 Å². The molecule has 1 saturated carbocycles. The Balaban J connectivity index is 2.13. The van der Waals surface area contributed by atoms with Crippen molar-refractivity contribution in [3.63, 3.8) is 0 Å². The fourth-order valence-corrected chi connectivity index (χ4v) is 1.97. The molecule has 0 N–H and O–H groups in total. The van der Waals surface area contributed by atoms with Gasteiger partial charge in [-0.2, -0.15) is 0 Å². The Hall–Kier alpha value is -1.31. The van der Waals surface area contributed by atoms with E-state index in [1.54, 1.807) is 7.11 Å². The SMILES string of the molecule is COc1ccc([C@@H]2CCC(=O)C2)cc1. The van der Waals surface area contributed by atoms with Crippen molar-refractivity contribution in [3.8, 4) is 5.75 Å². The number of carbonyl (C=O) groups excluding carboxylic acids is 1. The Morgan fingerprint density at radius 3 is 2.50 bits per heavy atom. The standard InChI is InChI=1S/C12H14O2/c1-14-12-6-3-9(4-7-12)10-2-5-11(13)8-10/h3-4,6-7,10H,2,5,8H2,1H3/t10-/m1/s1. The molecule has 0 bridgehead atoms. The molecule has 1 atom stereocenters. The van der Waals surface area contributed by atoms with Gasteiger partial charge in [0.15, 0.2) is 0 Å². The van der Waals surface area contributed by atoms with Crippen molar-refractivity contribution in [2.24, 2.45) is 0 Å². The molecular weight excluding hydrogens is 176 g/mol. The first-order valence-electron chi connectivity index (χ1n) is 4.95. The van der Waals surface area contributed by atoms with Gasteiger partial charge in [0.05, 0.1) is 7.11 Å². The van der Waals surface area contributed by atoms with E-state index in [0.29, 0.717) is 18.1 Å². The molecule has 14 heavy (non-hydrogen) atoms. The highest BCUT2D eigenvalue weighted by Gasteiger charge is 2.23. The van der Waals surface area contributed by atoms with E-state index in [-0.39, 0.29) is 0 Å². The van der Waals surface area contributed by atoms with Crippen molar-refractivity contribution in [1.82, 2.24) is 0 Å². The zero-order valence-electron chi connectivity index (χ0n) is 8.32. The van der Waals surface area contributed by atoms with Crippen molar-refractivity contribution in [3.05, 3.63) is 29.8 Å². The first kappa shape index (κ1) is 9.25. The number of methoxy groups -OCH3 is 1. The lowest BCUT2D eigenvalue weighted by atomic mass is 9.98. The minimum atomic E-state index is 0.394. The number of hydrogen-bond acceptors (Lipinski definition) is 2. The van der Waals surface area contributed by atoms with Crippen LogP contribution >= 0.6 is 0 Å². The normalized spacial score (nSPS) is 21.2. The molecule has 2 nitrogen and oxygen atoms in total. The molecule has 0 heterocycles. The molecule has 1 aromatic rings. The Labute approximate surface area is 83.9 Å². The first-order valence-corrected chi connectivity index (χ1v) is 4.95. The lowest BCUT2D eigenvalue weighted by Crippen LogP contribution is -1.94. The van der Waals surface area contributed by atoms with Crippen LogP contribution in [0.4, 0.5) is 0 Å². The number of ketones is 1. The van der Waals surface area contributed by atoms with Gasteiger partial charge in [0.25, 0.3) is 0 Å². The maximum atomic E-state index is 11.1. The van der Waals surface area contributed by atoms with E-state index in [2.05, 4.69) is 12.1 Å². The van der Waals surface area contributed by atoms with E-state index in [1.807, 2.05) is 12.1 Å². The second-order valence-electron chi connectivity index (χ2n) is 3.75. The van der Waals surface area contributed by atoms with Crippen LogP contribution in [0, 0.1) is 0 Å². The molecule has 1 fully saturated rings. The van der Waals surface area contributed by atoms with Gasteiger partial charge in [0, 0.05) is 12.8 Å². The van der Waals surface area contributed by atoms with Crippen LogP contribution < -0.4 is 4.74 Å². The van der Waals surface area contributed by atoms with Crippen LogP contribution in [0.3, 0.4) is 0 Å². The average Bonchev–Trinajstić information content (AvgIpc) is 2.65. The van der Waals surface area contributed by atoms with E-state index in [4.69, 9.17) is 4.74 Å². The molecule has 0 unspecified atom stereocenters. The molecule has 0 aromatic heterocycles. The summed E-state index contributed by atoms with van der Waals surface area (Å²) in [4.78, 5) is 11.1. The number of benzene rings is 1. The molecule has 0 spiro atoms. The summed E-state index contributed by atoms with van der Waals surface area (Å²) in [6, 6.07) is 8.03. The lowest BCUT2D eigenvalue weighted by Gasteiger charge is -2.08. The number of carbonyl (C=O) groups is 1. The average molecular weight is 190 g/mol. The maximum Gasteiger partial charge on any atom is 0.133 e. The van der Waals surface area contributed by atoms with Gasteiger partial charge < -0.3 is 4.74 Å². The summed E-state index contributed by atoms with van der Waals surface area (Å²) >= 11 is 0. The lowest BCUT2D eigenvalue weighted by molar-refractivity contribution is -0.117. The molecule has 1 aliphatic rings. The van der Waals surface area contributed by atoms with Crippen LogP contribution in [-0.2, 0) is 4.79 Å². The zero-order chi connectivity index (χ0) is 9.97. The summed E-state index contributed by atoms with van der Waals surface area (Å²) in [5.74, 6) is 1.71. The molecule has 0 radical (unpaired) electrons. The van der Waals surface area contributed by atoms with Crippen molar-refractivity contribution >= 4 is 5.78 Å². The molecule has 0 saturated heterocycles. The Bertz CT molecular complexity index is 327. The first-order chi connectivity index (χ1) is 6.79.